The maximum absolute atomic E-state index is 13.3. The van der Waals surface area contributed by atoms with Crippen molar-refractivity contribution >= 4 is 29.1 Å². The molecule has 0 bridgehead atoms. The summed E-state index contributed by atoms with van der Waals surface area (Å²) in [5.74, 6) is 0.0627. The maximum Gasteiger partial charge on any atom is 0.238 e. The van der Waals surface area contributed by atoms with Gasteiger partial charge < -0.3 is 24.6 Å². The zero-order valence-corrected chi connectivity index (χ0v) is 18.5. The number of halogens is 1. The molecule has 3 amide bonds. The molecule has 5 rings (SSSR count). The van der Waals surface area contributed by atoms with Crippen LogP contribution in [0.1, 0.15) is 6.42 Å². The average molecular weight is 468 g/mol. The van der Waals surface area contributed by atoms with Gasteiger partial charge in [0.15, 0.2) is 11.5 Å². The second-order valence-corrected chi connectivity index (χ2v) is 8.60. The van der Waals surface area contributed by atoms with Crippen molar-refractivity contribution in [3.63, 3.8) is 0 Å². The molecule has 3 aliphatic heterocycles. The van der Waals surface area contributed by atoms with Gasteiger partial charge in [-0.3, -0.25) is 19.3 Å². The van der Waals surface area contributed by atoms with E-state index in [-0.39, 0.29) is 37.5 Å². The second-order valence-electron chi connectivity index (χ2n) is 8.60. The smallest absolute Gasteiger partial charge is 0.238 e. The van der Waals surface area contributed by atoms with Crippen LogP contribution in [0.25, 0.3) is 0 Å². The van der Waals surface area contributed by atoms with E-state index in [2.05, 4.69) is 5.32 Å². The predicted molar refractivity (Wildman–Crippen MR) is 121 cm³/mol. The van der Waals surface area contributed by atoms with Crippen molar-refractivity contribution in [2.45, 2.75) is 6.42 Å². The Morgan fingerprint density at radius 3 is 2.62 bits per heavy atom. The van der Waals surface area contributed by atoms with Crippen molar-refractivity contribution in [2.24, 2.45) is 5.92 Å². The van der Waals surface area contributed by atoms with E-state index >= 15 is 0 Å². The molecule has 2 saturated heterocycles. The van der Waals surface area contributed by atoms with E-state index in [4.69, 9.17) is 9.47 Å². The quantitative estimate of drug-likeness (QED) is 0.718. The largest absolute Gasteiger partial charge is 0.454 e. The third-order valence-corrected chi connectivity index (χ3v) is 6.30. The molecule has 3 heterocycles. The lowest BCUT2D eigenvalue weighted by Crippen LogP contribution is -2.52. The van der Waals surface area contributed by atoms with Gasteiger partial charge in [-0.05, 0) is 30.3 Å². The Kier molecular flexibility index (Phi) is 6.06. The van der Waals surface area contributed by atoms with Crippen LogP contribution in [0, 0.1) is 11.7 Å². The first-order valence-corrected chi connectivity index (χ1v) is 11.2. The highest BCUT2D eigenvalue weighted by Gasteiger charge is 2.38. The van der Waals surface area contributed by atoms with E-state index in [1.807, 2.05) is 4.90 Å². The lowest BCUT2D eigenvalue weighted by Gasteiger charge is -2.35. The summed E-state index contributed by atoms with van der Waals surface area (Å²) >= 11 is 0. The molecule has 0 radical (unpaired) electrons. The minimum absolute atomic E-state index is 0.0412. The molecule has 10 heteroatoms. The SMILES string of the molecule is O=C(CN1CCN(C(=O)C2CC(=O)N(c3ccc4c(c3)OCO4)C2)CC1)Nc1cccc(F)c1. The lowest BCUT2D eigenvalue weighted by molar-refractivity contribution is -0.137. The average Bonchev–Trinajstić information content (AvgIpc) is 3.45. The molecule has 1 N–H and O–H groups in total. The summed E-state index contributed by atoms with van der Waals surface area (Å²) in [5, 5.41) is 2.69. The number of carbonyl (C=O) groups excluding carboxylic acids is 3. The highest BCUT2D eigenvalue weighted by molar-refractivity contribution is 6.00. The fourth-order valence-electron chi connectivity index (χ4n) is 4.53. The summed E-state index contributed by atoms with van der Waals surface area (Å²) in [5.41, 5.74) is 1.11. The number of anilines is 2. The summed E-state index contributed by atoms with van der Waals surface area (Å²) in [6, 6.07) is 11.1. The molecule has 0 spiro atoms. The number of fused-ring (bicyclic) bond motifs is 1. The number of benzene rings is 2. The maximum atomic E-state index is 13.3. The van der Waals surface area contributed by atoms with Gasteiger partial charge in [-0.15, -0.1) is 0 Å². The van der Waals surface area contributed by atoms with Gasteiger partial charge in [0.2, 0.25) is 24.5 Å². The third-order valence-electron chi connectivity index (χ3n) is 6.30. The van der Waals surface area contributed by atoms with Crippen LogP contribution < -0.4 is 19.7 Å². The Morgan fingerprint density at radius 1 is 1.03 bits per heavy atom. The van der Waals surface area contributed by atoms with Gasteiger partial charge in [0.25, 0.3) is 0 Å². The fraction of sp³-hybridized carbons (Fsp3) is 0.375. The molecule has 0 aliphatic carbocycles. The van der Waals surface area contributed by atoms with Crippen LogP contribution in [-0.2, 0) is 14.4 Å². The number of carbonyl (C=O) groups is 3. The number of ether oxygens (including phenoxy) is 2. The summed E-state index contributed by atoms with van der Waals surface area (Å²) in [4.78, 5) is 43.3. The lowest BCUT2D eigenvalue weighted by atomic mass is 10.1. The Balaban J connectivity index is 1.12. The zero-order chi connectivity index (χ0) is 23.7. The molecular weight excluding hydrogens is 443 g/mol. The molecule has 0 aromatic heterocycles. The Bertz CT molecular complexity index is 1120. The molecule has 2 fully saturated rings. The van der Waals surface area contributed by atoms with E-state index < -0.39 is 11.7 Å². The minimum atomic E-state index is -0.410. The standard InChI is InChI=1S/C24H25FN4O5/c25-17-2-1-3-18(11-17)26-22(30)14-27-6-8-28(9-7-27)24(32)16-10-23(31)29(13-16)19-4-5-20-21(12-19)34-15-33-20/h1-5,11-12,16H,6-10,13-15H2,(H,26,30). The number of amides is 3. The number of nitrogens with one attached hydrogen (secondary N) is 1. The highest BCUT2D eigenvalue weighted by Crippen LogP contribution is 2.37. The molecule has 178 valence electrons. The molecule has 1 unspecified atom stereocenters. The molecule has 1 atom stereocenters. The highest BCUT2D eigenvalue weighted by atomic mass is 19.1. The molecule has 2 aromatic rings. The normalized spacial score (nSPS) is 20.0. The van der Waals surface area contributed by atoms with Gasteiger partial charge in [0, 0.05) is 56.6 Å². The van der Waals surface area contributed by atoms with Crippen LogP contribution in [0.15, 0.2) is 42.5 Å². The number of hydrogen-bond donors (Lipinski definition) is 1. The molecule has 3 aliphatic rings. The first-order chi connectivity index (χ1) is 16.5. The van der Waals surface area contributed by atoms with E-state index in [0.29, 0.717) is 55.6 Å². The zero-order valence-electron chi connectivity index (χ0n) is 18.5. The van der Waals surface area contributed by atoms with E-state index in [1.54, 1.807) is 34.1 Å². The summed E-state index contributed by atoms with van der Waals surface area (Å²) in [6.07, 6.45) is 0.170. The van der Waals surface area contributed by atoms with Gasteiger partial charge in [-0.25, -0.2) is 4.39 Å². The number of nitrogens with zero attached hydrogens (tertiary/aromatic N) is 3. The minimum Gasteiger partial charge on any atom is -0.454 e. The van der Waals surface area contributed by atoms with Crippen LogP contribution in [0.2, 0.25) is 0 Å². The van der Waals surface area contributed by atoms with Crippen molar-refractivity contribution in [1.29, 1.82) is 0 Å². The number of rotatable bonds is 5. The Hall–Kier alpha value is -3.66. The molecule has 2 aromatic carbocycles. The fourth-order valence-corrected chi connectivity index (χ4v) is 4.53. The van der Waals surface area contributed by atoms with Crippen LogP contribution in [-0.4, -0.2) is 73.6 Å². The van der Waals surface area contributed by atoms with E-state index in [0.717, 1.165) is 0 Å². The monoisotopic (exact) mass is 468 g/mol. The van der Waals surface area contributed by atoms with Gasteiger partial charge in [-0.1, -0.05) is 6.07 Å². The molecular formula is C24H25FN4O5. The summed E-state index contributed by atoms with van der Waals surface area (Å²) in [6.45, 7) is 2.73. The first kappa shape index (κ1) is 22.1. The topological polar surface area (TPSA) is 91.4 Å². The van der Waals surface area contributed by atoms with Gasteiger partial charge in [-0.2, -0.15) is 0 Å². The van der Waals surface area contributed by atoms with Gasteiger partial charge in [0.1, 0.15) is 5.82 Å². The third kappa shape index (κ3) is 4.67. The number of hydrogen-bond acceptors (Lipinski definition) is 6. The molecule has 9 nitrogen and oxygen atoms in total. The Labute approximate surface area is 196 Å². The van der Waals surface area contributed by atoms with Crippen LogP contribution in [0.3, 0.4) is 0 Å². The molecule has 0 saturated carbocycles. The van der Waals surface area contributed by atoms with E-state index in [1.165, 1.54) is 18.2 Å². The van der Waals surface area contributed by atoms with Crippen molar-refractivity contribution in [3.8, 4) is 11.5 Å². The van der Waals surface area contributed by atoms with Gasteiger partial charge in [0.05, 0.1) is 12.5 Å². The van der Waals surface area contributed by atoms with Crippen LogP contribution >= 0.6 is 0 Å². The predicted octanol–water partition coefficient (Wildman–Crippen LogP) is 1.69. The Morgan fingerprint density at radius 2 is 1.82 bits per heavy atom. The molecule has 34 heavy (non-hydrogen) atoms. The van der Waals surface area contributed by atoms with Crippen LogP contribution in [0.4, 0.5) is 15.8 Å². The van der Waals surface area contributed by atoms with Crippen LogP contribution in [0.5, 0.6) is 11.5 Å². The summed E-state index contributed by atoms with van der Waals surface area (Å²) in [7, 11) is 0. The van der Waals surface area contributed by atoms with Crippen molar-refractivity contribution < 1.29 is 28.2 Å². The van der Waals surface area contributed by atoms with Gasteiger partial charge >= 0.3 is 0 Å². The van der Waals surface area contributed by atoms with Crippen molar-refractivity contribution in [1.82, 2.24) is 9.80 Å². The number of piperazine rings is 1. The van der Waals surface area contributed by atoms with E-state index in [9.17, 15) is 18.8 Å². The second kappa shape index (κ2) is 9.30. The first-order valence-electron chi connectivity index (χ1n) is 11.2. The van der Waals surface area contributed by atoms with Crippen molar-refractivity contribution in [2.75, 3.05) is 56.3 Å². The van der Waals surface area contributed by atoms with Crippen molar-refractivity contribution in [3.05, 3.63) is 48.3 Å². The summed E-state index contributed by atoms with van der Waals surface area (Å²) < 4.78 is 24.0.